The Morgan fingerprint density at radius 3 is 2.10 bits per heavy atom. The molecule has 0 aliphatic heterocycles. The molecule has 3 rings (SSSR count). The first-order valence-electron chi connectivity index (χ1n) is 13.4. The highest BCUT2D eigenvalue weighted by atomic mass is 32.2. The highest BCUT2D eigenvalue weighted by Gasteiger charge is 2.34. The quantitative estimate of drug-likeness (QED) is 0.339. The van der Waals surface area contributed by atoms with Crippen LogP contribution in [0.1, 0.15) is 48.9 Å². The van der Waals surface area contributed by atoms with Crippen molar-refractivity contribution in [1.82, 2.24) is 10.2 Å². The smallest absolute Gasteiger partial charge is 0.264 e. The molecule has 0 bridgehead atoms. The molecule has 8 heteroatoms. The number of carbonyl (C=O) groups excluding carboxylic acids is 2. The minimum absolute atomic E-state index is 0.100. The van der Waals surface area contributed by atoms with Crippen LogP contribution >= 0.6 is 0 Å². The normalized spacial score (nSPS) is 12.0. The Labute approximate surface area is 232 Å². The molecule has 0 spiro atoms. The number of hydrogen-bond donors (Lipinski definition) is 1. The van der Waals surface area contributed by atoms with E-state index in [2.05, 4.69) is 5.32 Å². The van der Waals surface area contributed by atoms with Crippen LogP contribution in [0.3, 0.4) is 0 Å². The first-order valence-corrected chi connectivity index (χ1v) is 14.8. The van der Waals surface area contributed by atoms with E-state index in [0.717, 1.165) is 28.7 Å². The maximum absolute atomic E-state index is 14.1. The number of benzene rings is 3. The van der Waals surface area contributed by atoms with E-state index in [0.29, 0.717) is 18.7 Å². The van der Waals surface area contributed by atoms with Gasteiger partial charge in [0.2, 0.25) is 11.8 Å². The van der Waals surface area contributed by atoms with Crippen LogP contribution in [0.15, 0.2) is 77.7 Å². The third kappa shape index (κ3) is 7.47. The molecular formula is C31H39N3O4S. The van der Waals surface area contributed by atoms with E-state index in [-0.39, 0.29) is 17.3 Å². The lowest BCUT2D eigenvalue weighted by Gasteiger charge is -2.33. The molecule has 0 aliphatic rings. The summed E-state index contributed by atoms with van der Waals surface area (Å²) in [6.07, 6.45) is 1.16. The number of nitrogens with one attached hydrogen (secondary N) is 1. The Morgan fingerprint density at radius 2 is 1.51 bits per heavy atom. The predicted octanol–water partition coefficient (Wildman–Crippen LogP) is 5.14. The van der Waals surface area contributed by atoms with E-state index < -0.39 is 28.5 Å². The van der Waals surface area contributed by atoms with Gasteiger partial charge in [0.05, 0.1) is 10.6 Å². The van der Waals surface area contributed by atoms with Crippen LogP contribution in [-0.2, 0) is 26.2 Å². The van der Waals surface area contributed by atoms with Crippen molar-refractivity contribution in [3.05, 3.63) is 95.1 Å². The summed E-state index contributed by atoms with van der Waals surface area (Å²) >= 11 is 0. The van der Waals surface area contributed by atoms with Gasteiger partial charge in [-0.05, 0) is 62.9 Å². The van der Waals surface area contributed by atoms with E-state index in [1.807, 2.05) is 77.1 Å². The van der Waals surface area contributed by atoms with Gasteiger partial charge in [-0.25, -0.2) is 8.42 Å². The van der Waals surface area contributed by atoms with E-state index in [9.17, 15) is 18.0 Å². The average molecular weight is 550 g/mol. The number of rotatable bonds is 12. The highest BCUT2D eigenvalue weighted by molar-refractivity contribution is 7.92. The Morgan fingerprint density at radius 1 is 0.872 bits per heavy atom. The second kappa shape index (κ2) is 13.4. The molecule has 208 valence electrons. The topological polar surface area (TPSA) is 86.8 Å². The third-order valence-electron chi connectivity index (χ3n) is 6.64. The zero-order chi connectivity index (χ0) is 28.6. The average Bonchev–Trinajstić information content (AvgIpc) is 2.91. The second-order valence-electron chi connectivity index (χ2n) is 9.84. The van der Waals surface area contributed by atoms with E-state index in [4.69, 9.17) is 0 Å². The summed E-state index contributed by atoms with van der Waals surface area (Å²) in [5.41, 5.74) is 3.94. The summed E-state index contributed by atoms with van der Waals surface area (Å²) in [4.78, 5) is 28.8. The van der Waals surface area contributed by atoms with Gasteiger partial charge in [0.1, 0.15) is 12.6 Å². The molecule has 2 amide bonds. The van der Waals surface area contributed by atoms with Crippen LogP contribution in [0.5, 0.6) is 0 Å². The molecule has 0 saturated heterocycles. The fourth-order valence-corrected chi connectivity index (χ4v) is 5.98. The minimum Gasteiger partial charge on any atom is -0.354 e. The fourth-order valence-electron chi connectivity index (χ4n) is 4.50. The van der Waals surface area contributed by atoms with Gasteiger partial charge in [0, 0.05) is 13.1 Å². The zero-order valence-corrected chi connectivity index (χ0v) is 24.3. The van der Waals surface area contributed by atoms with Crippen LogP contribution in [0.2, 0.25) is 0 Å². The van der Waals surface area contributed by atoms with Crippen molar-refractivity contribution < 1.29 is 18.0 Å². The molecule has 1 N–H and O–H groups in total. The number of anilines is 1. The zero-order valence-electron chi connectivity index (χ0n) is 23.5. The lowest BCUT2D eigenvalue weighted by molar-refractivity contribution is -0.140. The van der Waals surface area contributed by atoms with Gasteiger partial charge < -0.3 is 10.2 Å². The highest BCUT2D eigenvalue weighted by Crippen LogP contribution is 2.28. The van der Waals surface area contributed by atoms with Gasteiger partial charge >= 0.3 is 0 Å². The van der Waals surface area contributed by atoms with Crippen molar-refractivity contribution >= 4 is 27.5 Å². The molecular weight excluding hydrogens is 510 g/mol. The molecule has 3 aromatic carbocycles. The molecule has 7 nitrogen and oxygen atoms in total. The van der Waals surface area contributed by atoms with Gasteiger partial charge in [0.25, 0.3) is 10.0 Å². The number of sulfonamides is 1. The Bertz CT molecular complexity index is 1370. The molecule has 0 saturated carbocycles. The molecule has 0 heterocycles. The Balaban J connectivity index is 2.07. The summed E-state index contributed by atoms with van der Waals surface area (Å²) in [6, 6.07) is 20.7. The summed E-state index contributed by atoms with van der Waals surface area (Å²) in [5.74, 6) is -0.698. The predicted molar refractivity (Wildman–Crippen MR) is 156 cm³/mol. The number of carbonyl (C=O) groups is 2. The molecule has 0 unspecified atom stereocenters. The van der Waals surface area contributed by atoms with Crippen LogP contribution in [-0.4, -0.2) is 44.3 Å². The fraction of sp³-hybridized carbons (Fsp3) is 0.355. The molecule has 0 aromatic heterocycles. The number of nitrogens with zero attached hydrogens (tertiary/aromatic N) is 2. The summed E-state index contributed by atoms with van der Waals surface area (Å²) in [6.45, 7) is 9.71. The standard InChI is InChI=1S/C31H39N3O4S/c1-6-19-32-31(36)28(7-2)33(21-26-11-9-8-10-12-26)30(35)22-34(29-18-15-24(4)20-25(29)5)39(37,38)27-16-13-23(3)14-17-27/h8-18,20,28H,6-7,19,21-22H2,1-5H3,(H,32,36)/t28-/m0/s1. The van der Waals surface area contributed by atoms with Crippen LogP contribution < -0.4 is 9.62 Å². The van der Waals surface area contributed by atoms with Crippen molar-refractivity contribution in [1.29, 1.82) is 0 Å². The Hall–Kier alpha value is -3.65. The van der Waals surface area contributed by atoms with Gasteiger partial charge in [-0.3, -0.25) is 13.9 Å². The first-order chi connectivity index (χ1) is 18.6. The van der Waals surface area contributed by atoms with Gasteiger partial charge in [-0.2, -0.15) is 0 Å². The van der Waals surface area contributed by atoms with Crippen LogP contribution in [0.25, 0.3) is 0 Å². The maximum atomic E-state index is 14.1. The summed E-state index contributed by atoms with van der Waals surface area (Å²) < 4.78 is 29.1. The van der Waals surface area contributed by atoms with Gasteiger partial charge in [-0.15, -0.1) is 0 Å². The van der Waals surface area contributed by atoms with Gasteiger partial charge in [0.15, 0.2) is 0 Å². The third-order valence-corrected chi connectivity index (χ3v) is 8.41. The summed E-state index contributed by atoms with van der Waals surface area (Å²) in [5, 5.41) is 2.90. The summed E-state index contributed by atoms with van der Waals surface area (Å²) in [7, 11) is -4.09. The second-order valence-corrected chi connectivity index (χ2v) is 11.7. The largest absolute Gasteiger partial charge is 0.354 e. The van der Waals surface area contributed by atoms with Crippen molar-refractivity contribution in [3.8, 4) is 0 Å². The molecule has 0 radical (unpaired) electrons. The van der Waals surface area contributed by atoms with Crippen molar-refractivity contribution in [2.45, 2.75) is 64.9 Å². The SMILES string of the molecule is CCCNC(=O)[C@H](CC)N(Cc1ccccc1)C(=O)CN(c1ccc(C)cc1C)S(=O)(=O)c1ccc(C)cc1. The van der Waals surface area contributed by atoms with Crippen LogP contribution in [0.4, 0.5) is 5.69 Å². The number of aryl methyl sites for hydroxylation is 3. The molecule has 1 atom stereocenters. The van der Waals surface area contributed by atoms with Crippen molar-refractivity contribution in [2.75, 3.05) is 17.4 Å². The molecule has 0 aliphatic carbocycles. The number of amides is 2. The lowest BCUT2D eigenvalue weighted by atomic mass is 10.1. The molecule has 3 aromatic rings. The minimum atomic E-state index is -4.09. The Kier molecular flexibility index (Phi) is 10.3. The van der Waals surface area contributed by atoms with E-state index in [1.165, 1.54) is 9.21 Å². The van der Waals surface area contributed by atoms with E-state index >= 15 is 0 Å². The lowest BCUT2D eigenvalue weighted by Crippen LogP contribution is -2.52. The molecule has 0 fully saturated rings. The number of hydrogen-bond acceptors (Lipinski definition) is 4. The van der Waals surface area contributed by atoms with Crippen molar-refractivity contribution in [3.63, 3.8) is 0 Å². The maximum Gasteiger partial charge on any atom is 0.264 e. The van der Waals surface area contributed by atoms with Gasteiger partial charge in [-0.1, -0.05) is 79.6 Å². The van der Waals surface area contributed by atoms with Crippen molar-refractivity contribution in [2.24, 2.45) is 0 Å². The molecule has 39 heavy (non-hydrogen) atoms. The van der Waals surface area contributed by atoms with E-state index in [1.54, 1.807) is 30.3 Å². The first kappa shape index (κ1) is 29.9. The monoisotopic (exact) mass is 549 g/mol. The van der Waals surface area contributed by atoms with Crippen LogP contribution in [0, 0.1) is 20.8 Å².